The standard InChI is InChI=1S/C15H13BrF3N3O/c1-2-7-21(10-15(17,18)19)14(23)13-6-8-22(20-13)12-5-3-4-11(16)9-12/h2-6,8-9H,1,7,10H2. The molecule has 1 amide bonds. The predicted molar refractivity (Wildman–Crippen MR) is 83.4 cm³/mol. The quantitative estimate of drug-likeness (QED) is 0.731. The molecule has 1 aromatic carbocycles. The lowest BCUT2D eigenvalue weighted by atomic mass is 10.3. The van der Waals surface area contributed by atoms with Crippen LogP contribution in [-0.2, 0) is 0 Å². The van der Waals surface area contributed by atoms with Crippen molar-refractivity contribution >= 4 is 21.8 Å². The van der Waals surface area contributed by atoms with Crippen LogP contribution in [-0.4, -0.2) is 39.9 Å². The normalized spacial score (nSPS) is 11.3. The number of carbonyl (C=O) groups excluding carboxylic acids is 1. The molecule has 0 fully saturated rings. The van der Waals surface area contributed by atoms with Crippen LogP contribution in [0.5, 0.6) is 0 Å². The van der Waals surface area contributed by atoms with Crippen molar-refractivity contribution < 1.29 is 18.0 Å². The van der Waals surface area contributed by atoms with Crippen molar-refractivity contribution in [2.45, 2.75) is 6.18 Å². The maximum Gasteiger partial charge on any atom is 0.406 e. The second kappa shape index (κ2) is 6.99. The van der Waals surface area contributed by atoms with Crippen LogP contribution in [0.4, 0.5) is 13.2 Å². The Balaban J connectivity index is 2.23. The fourth-order valence-corrected chi connectivity index (χ4v) is 2.34. The number of nitrogens with zero attached hydrogens (tertiary/aromatic N) is 3. The number of hydrogen-bond donors (Lipinski definition) is 0. The topological polar surface area (TPSA) is 38.1 Å². The van der Waals surface area contributed by atoms with Gasteiger partial charge in [0.25, 0.3) is 5.91 Å². The third-order valence-corrected chi connectivity index (χ3v) is 3.38. The Morgan fingerprint density at radius 3 is 2.74 bits per heavy atom. The maximum absolute atomic E-state index is 12.6. The highest BCUT2D eigenvalue weighted by Crippen LogP contribution is 2.19. The Morgan fingerprint density at radius 2 is 2.13 bits per heavy atom. The van der Waals surface area contributed by atoms with Crippen molar-refractivity contribution in [3.63, 3.8) is 0 Å². The molecular weight excluding hydrogens is 375 g/mol. The van der Waals surface area contributed by atoms with Crippen LogP contribution < -0.4 is 0 Å². The summed E-state index contributed by atoms with van der Waals surface area (Å²) in [5.74, 6) is -0.795. The molecule has 0 saturated carbocycles. The van der Waals surface area contributed by atoms with Crippen LogP contribution >= 0.6 is 15.9 Å². The highest BCUT2D eigenvalue weighted by Gasteiger charge is 2.33. The summed E-state index contributed by atoms with van der Waals surface area (Å²) in [5.41, 5.74) is 0.626. The Hall–Kier alpha value is -2.09. The molecule has 8 heteroatoms. The lowest BCUT2D eigenvalue weighted by Gasteiger charge is -2.21. The molecule has 2 rings (SSSR count). The fraction of sp³-hybridized carbons (Fsp3) is 0.200. The van der Waals surface area contributed by atoms with Gasteiger partial charge in [-0.15, -0.1) is 6.58 Å². The molecule has 0 spiro atoms. The number of halogens is 4. The van der Waals surface area contributed by atoms with Gasteiger partial charge in [0.15, 0.2) is 5.69 Å². The van der Waals surface area contributed by atoms with Gasteiger partial charge in [0.2, 0.25) is 0 Å². The van der Waals surface area contributed by atoms with E-state index in [9.17, 15) is 18.0 Å². The molecule has 0 saturated heterocycles. The molecule has 122 valence electrons. The molecule has 1 heterocycles. The minimum absolute atomic E-state index is 0.0592. The predicted octanol–water partition coefficient (Wildman–Crippen LogP) is 3.83. The number of rotatable bonds is 5. The molecule has 0 aliphatic rings. The van der Waals surface area contributed by atoms with Crippen LogP contribution in [0, 0.1) is 0 Å². The van der Waals surface area contributed by atoms with Crippen molar-refractivity contribution in [2.24, 2.45) is 0 Å². The first-order valence-electron chi connectivity index (χ1n) is 6.58. The van der Waals surface area contributed by atoms with E-state index in [1.807, 2.05) is 6.07 Å². The van der Waals surface area contributed by atoms with E-state index in [0.717, 1.165) is 4.47 Å². The minimum atomic E-state index is -4.48. The number of amides is 1. The molecule has 0 radical (unpaired) electrons. The van der Waals surface area contributed by atoms with Gasteiger partial charge in [0, 0.05) is 17.2 Å². The summed E-state index contributed by atoms with van der Waals surface area (Å²) in [6.07, 6.45) is -1.71. The minimum Gasteiger partial charge on any atom is -0.324 e. The summed E-state index contributed by atoms with van der Waals surface area (Å²) < 4.78 is 39.9. The molecule has 0 aliphatic heterocycles. The Kier molecular flexibility index (Phi) is 5.25. The summed E-state index contributed by atoms with van der Waals surface area (Å²) in [5, 5.41) is 4.06. The van der Waals surface area contributed by atoms with Crippen LogP contribution in [0.25, 0.3) is 5.69 Å². The monoisotopic (exact) mass is 387 g/mol. The third-order valence-electron chi connectivity index (χ3n) is 2.89. The molecule has 0 atom stereocenters. The van der Waals surface area contributed by atoms with Gasteiger partial charge in [0.05, 0.1) is 5.69 Å². The zero-order valence-corrected chi connectivity index (χ0v) is 13.5. The van der Waals surface area contributed by atoms with Crippen molar-refractivity contribution in [1.82, 2.24) is 14.7 Å². The van der Waals surface area contributed by atoms with Gasteiger partial charge in [-0.25, -0.2) is 4.68 Å². The molecule has 23 heavy (non-hydrogen) atoms. The summed E-state index contributed by atoms with van der Waals surface area (Å²) in [4.78, 5) is 12.9. The van der Waals surface area contributed by atoms with Gasteiger partial charge in [-0.3, -0.25) is 4.79 Å². The van der Waals surface area contributed by atoms with Gasteiger partial charge < -0.3 is 4.90 Å². The highest BCUT2D eigenvalue weighted by molar-refractivity contribution is 9.10. The molecule has 0 bridgehead atoms. The van der Waals surface area contributed by atoms with E-state index in [1.54, 1.807) is 18.2 Å². The molecule has 2 aromatic rings. The van der Waals surface area contributed by atoms with E-state index in [1.165, 1.54) is 23.0 Å². The first kappa shape index (κ1) is 17.3. The second-order valence-electron chi connectivity index (χ2n) is 4.71. The molecule has 1 aromatic heterocycles. The SMILES string of the molecule is C=CCN(CC(F)(F)F)C(=O)c1ccn(-c2cccc(Br)c2)n1. The van der Waals surface area contributed by atoms with Crippen LogP contribution in [0.2, 0.25) is 0 Å². The van der Waals surface area contributed by atoms with Crippen LogP contribution in [0.3, 0.4) is 0 Å². The van der Waals surface area contributed by atoms with Crippen LogP contribution in [0.1, 0.15) is 10.5 Å². The molecule has 0 aliphatic carbocycles. The Morgan fingerprint density at radius 1 is 1.39 bits per heavy atom. The van der Waals surface area contributed by atoms with Gasteiger partial charge in [0.1, 0.15) is 6.54 Å². The van der Waals surface area contributed by atoms with Crippen LogP contribution in [0.15, 0.2) is 53.7 Å². The van der Waals surface area contributed by atoms with Gasteiger partial charge in [-0.05, 0) is 24.3 Å². The van der Waals surface area contributed by atoms with E-state index in [0.29, 0.717) is 10.6 Å². The summed E-state index contributed by atoms with van der Waals surface area (Å²) in [6.45, 7) is 1.83. The second-order valence-corrected chi connectivity index (χ2v) is 5.63. The lowest BCUT2D eigenvalue weighted by Crippen LogP contribution is -2.39. The molecule has 0 N–H and O–H groups in total. The molecule has 4 nitrogen and oxygen atoms in total. The lowest BCUT2D eigenvalue weighted by molar-refractivity contribution is -0.139. The highest BCUT2D eigenvalue weighted by atomic mass is 79.9. The third kappa shape index (κ3) is 4.69. The van der Waals surface area contributed by atoms with Crippen molar-refractivity contribution in [2.75, 3.05) is 13.1 Å². The maximum atomic E-state index is 12.6. The fourth-order valence-electron chi connectivity index (χ4n) is 1.95. The number of carbonyl (C=O) groups is 1. The van der Waals surface area contributed by atoms with E-state index < -0.39 is 18.6 Å². The Bertz CT molecular complexity index is 712. The molecule has 0 unspecified atom stereocenters. The smallest absolute Gasteiger partial charge is 0.324 e. The average Bonchev–Trinajstić information content (AvgIpc) is 2.94. The molecular formula is C15H13BrF3N3O. The van der Waals surface area contributed by atoms with Crippen molar-refractivity contribution in [1.29, 1.82) is 0 Å². The van der Waals surface area contributed by atoms with E-state index in [-0.39, 0.29) is 12.2 Å². The Labute approximate surface area is 139 Å². The number of aromatic nitrogens is 2. The zero-order chi connectivity index (χ0) is 17.0. The zero-order valence-electron chi connectivity index (χ0n) is 11.9. The summed E-state index contributed by atoms with van der Waals surface area (Å²) in [7, 11) is 0. The van der Waals surface area contributed by atoms with E-state index in [2.05, 4.69) is 27.6 Å². The number of benzene rings is 1. The number of hydrogen-bond acceptors (Lipinski definition) is 2. The van der Waals surface area contributed by atoms with Crippen molar-refractivity contribution in [3.05, 3.63) is 59.4 Å². The first-order valence-corrected chi connectivity index (χ1v) is 7.38. The van der Waals surface area contributed by atoms with E-state index >= 15 is 0 Å². The largest absolute Gasteiger partial charge is 0.406 e. The van der Waals surface area contributed by atoms with Gasteiger partial charge in [-0.2, -0.15) is 18.3 Å². The first-order chi connectivity index (χ1) is 10.8. The number of alkyl halides is 3. The summed E-state index contributed by atoms with van der Waals surface area (Å²) >= 11 is 3.32. The average molecular weight is 388 g/mol. The summed E-state index contributed by atoms with van der Waals surface area (Å²) in [6, 6.07) is 8.54. The van der Waals surface area contributed by atoms with Crippen molar-refractivity contribution in [3.8, 4) is 5.69 Å². The van der Waals surface area contributed by atoms with Gasteiger partial charge in [-0.1, -0.05) is 28.1 Å². The van der Waals surface area contributed by atoms with Gasteiger partial charge >= 0.3 is 6.18 Å². The van der Waals surface area contributed by atoms with E-state index in [4.69, 9.17) is 0 Å².